The first kappa shape index (κ1) is 20.8. The van der Waals surface area contributed by atoms with E-state index in [-0.39, 0.29) is 5.91 Å². The molecular weight excluding hydrogens is 446 g/mol. The molecule has 7 heteroatoms. The van der Waals surface area contributed by atoms with Gasteiger partial charge in [-0.25, -0.2) is 0 Å². The number of halogens is 1. The number of hydrogen-bond donors (Lipinski definition) is 2. The van der Waals surface area contributed by atoms with Crippen molar-refractivity contribution in [2.24, 2.45) is 0 Å². The molecule has 0 bridgehead atoms. The highest BCUT2D eigenvalue weighted by molar-refractivity contribution is 9.10. The Morgan fingerprint density at radius 2 is 1.97 bits per heavy atom. The van der Waals surface area contributed by atoms with Gasteiger partial charge in [-0.3, -0.25) is 19.8 Å². The second-order valence-corrected chi connectivity index (χ2v) is 8.51. The van der Waals surface area contributed by atoms with Gasteiger partial charge in [0.05, 0.1) is 12.2 Å². The summed E-state index contributed by atoms with van der Waals surface area (Å²) in [7, 11) is 1.76. The Hall–Kier alpha value is -2.48. The van der Waals surface area contributed by atoms with E-state index in [1.54, 1.807) is 31.5 Å². The lowest BCUT2D eigenvalue weighted by molar-refractivity contribution is -0.114. The van der Waals surface area contributed by atoms with E-state index >= 15 is 0 Å². The average Bonchev–Trinajstić information content (AvgIpc) is 3.16. The SMILES string of the molecule is COC[C@H]1CCCN1Cc1ccc(N/C=C2\C(=O)NC(=O)c3ccc(Br)cc32)cc1. The zero-order valence-corrected chi connectivity index (χ0v) is 18.4. The van der Waals surface area contributed by atoms with Gasteiger partial charge in [0.15, 0.2) is 0 Å². The summed E-state index contributed by atoms with van der Waals surface area (Å²) in [6.45, 7) is 2.78. The number of likely N-dealkylation sites (tertiary alicyclic amines) is 1. The zero-order chi connectivity index (χ0) is 21.1. The van der Waals surface area contributed by atoms with Gasteiger partial charge in [0.1, 0.15) is 0 Å². The molecule has 4 rings (SSSR count). The van der Waals surface area contributed by atoms with E-state index in [1.807, 2.05) is 12.1 Å². The van der Waals surface area contributed by atoms with Crippen LogP contribution in [0.1, 0.15) is 34.3 Å². The number of carbonyl (C=O) groups is 2. The minimum atomic E-state index is -0.409. The second-order valence-electron chi connectivity index (χ2n) is 7.59. The van der Waals surface area contributed by atoms with Gasteiger partial charge in [-0.15, -0.1) is 0 Å². The van der Waals surface area contributed by atoms with Crippen molar-refractivity contribution in [3.05, 3.63) is 69.8 Å². The Bertz CT molecular complexity index is 988. The Morgan fingerprint density at radius 3 is 2.73 bits per heavy atom. The minimum absolute atomic E-state index is 0.377. The molecule has 156 valence electrons. The topological polar surface area (TPSA) is 70.7 Å². The first-order valence-corrected chi connectivity index (χ1v) is 10.8. The van der Waals surface area contributed by atoms with E-state index < -0.39 is 5.91 Å². The lowest BCUT2D eigenvalue weighted by Crippen LogP contribution is -2.36. The smallest absolute Gasteiger partial charge is 0.260 e. The lowest BCUT2D eigenvalue weighted by atomic mass is 9.95. The molecule has 0 spiro atoms. The van der Waals surface area contributed by atoms with Gasteiger partial charge in [0, 0.05) is 47.2 Å². The van der Waals surface area contributed by atoms with Gasteiger partial charge in [-0.1, -0.05) is 28.1 Å². The van der Waals surface area contributed by atoms with E-state index in [0.717, 1.165) is 29.9 Å². The molecule has 1 saturated heterocycles. The van der Waals surface area contributed by atoms with Gasteiger partial charge >= 0.3 is 0 Å². The molecule has 1 atom stereocenters. The average molecular weight is 470 g/mol. The fraction of sp³-hybridized carbons (Fsp3) is 0.304. The number of benzene rings is 2. The molecule has 0 saturated carbocycles. The Kier molecular flexibility index (Phi) is 6.32. The molecule has 2 amide bonds. The normalized spacial score (nSPS) is 20.3. The van der Waals surface area contributed by atoms with Crippen molar-refractivity contribution in [3.63, 3.8) is 0 Å². The number of nitrogens with one attached hydrogen (secondary N) is 2. The third-order valence-corrected chi connectivity index (χ3v) is 6.06. The van der Waals surface area contributed by atoms with Crippen LogP contribution in [0, 0.1) is 0 Å². The highest BCUT2D eigenvalue weighted by atomic mass is 79.9. The molecule has 2 aliphatic heterocycles. The molecular formula is C23H24BrN3O3. The second kappa shape index (κ2) is 9.12. The van der Waals surface area contributed by atoms with Crippen molar-refractivity contribution in [2.75, 3.05) is 25.6 Å². The van der Waals surface area contributed by atoms with Crippen LogP contribution in [0.5, 0.6) is 0 Å². The fourth-order valence-electron chi connectivity index (χ4n) is 4.02. The van der Waals surface area contributed by atoms with Gasteiger partial charge in [-0.05, 0) is 55.3 Å². The molecule has 2 N–H and O–H groups in total. The zero-order valence-electron chi connectivity index (χ0n) is 16.8. The summed E-state index contributed by atoms with van der Waals surface area (Å²) >= 11 is 3.41. The number of anilines is 1. The first-order valence-electron chi connectivity index (χ1n) is 9.99. The van der Waals surface area contributed by atoms with Gasteiger partial charge in [0.25, 0.3) is 11.8 Å². The van der Waals surface area contributed by atoms with Crippen LogP contribution in [0.3, 0.4) is 0 Å². The number of imide groups is 1. The molecule has 2 aliphatic rings. The molecule has 0 unspecified atom stereocenters. The summed E-state index contributed by atoms with van der Waals surface area (Å²) < 4.78 is 6.15. The molecule has 30 heavy (non-hydrogen) atoms. The van der Waals surface area contributed by atoms with E-state index in [9.17, 15) is 9.59 Å². The van der Waals surface area contributed by atoms with Crippen molar-refractivity contribution < 1.29 is 14.3 Å². The van der Waals surface area contributed by atoms with Crippen molar-refractivity contribution in [3.8, 4) is 0 Å². The standard InChI is InChI=1S/C23H24BrN3O3/c1-30-14-18-3-2-10-27(18)13-15-4-7-17(8-5-15)25-12-21-20-11-16(24)6-9-19(20)22(28)26-23(21)29/h4-9,11-12,18,25H,2-3,10,13-14H2,1H3,(H,26,28,29)/b21-12-/t18-/m1/s1. The number of hydrogen-bond acceptors (Lipinski definition) is 5. The van der Waals surface area contributed by atoms with Crippen molar-refractivity contribution in [1.82, 2.24) is 10.2 Å². The molecule has 2 heterocycles. The molecule has 0 aliphatic carbocycles. The highest BCUT2D eigenvalue weighted by Crippen LogP contribution is 2.27. The molecule has 6 nitrogen and oxygen atoms in total. The van der Waals surface area contributed by atoms with Crippen LogP contribution in [0.2, 0.25) is 0 Å². The van der Waals surface area contributed by atoms with Crippen LogP contribution < -0.4 is 10.6 Å². The van der Waals surface area contributed by atoms with Gasteiger partial charge in [-0.2, -0.15) is 0 Å². The number of rotatable bonds is 6. The number of nitrogens with zero attached hydrogens (tertiary/aromatic N) is 1. The largest absolute Gasteiger partial charge is 0.383 e. The minimum Gasteiger partial charge on any atom is -0.383 e. The number of fused-ring (bicyclic) bond motifs is 1. The van der Waals surface area contributed by atoms with E-state index in [4.69, 9.17) is 4.74 Å². The summed E-state index contributed by atoms with van der Waals surface area (Å²) in [5.41, 5.74) is 3.64. The third kappa shape index (κ3) is 4.48. The quantitative estimate of drug-likeness (QED) is 0.497. The van der Waals surface area contributed by atoms with E-state index in [2.05, 4.69) is 43.6 Å². The third-order valence-electron chi connectivity index (χ3n) is 5.57. The predicted octanol–water partition coefficient (Wildman–Crippen LogP) is 3.78. The van der Waals surface area contributed by atoms with Crippen LogP contribution in [0.25, 0.3) is 5.57 Å². The number of ether oxygens (including phenoxy) is 1. The predicted molar refractivity (Wildman–Crippen MR) is 120 cm³/mol. The Labute approximate surface area is 184 Å². The van der Waals surface area contributed by atoms with Crippen molar-refractivity contribution in [2.45, 2.75) is 25.4 Å². The Balaban J connectivity index is 1.47. The van der Waals surface area contributed by atoms with Gasteiger partial charge in [0.2, 0.25) is 0 Å². The number of carbonyl (C=O) groups excluding carboxylic acids is 2. The fourth-order valence-corrected chi connectivity index (χ4v) is 4.38. The van der Waals surface area contributed by atoms with Crippen molar-refractivity contribution in [1.29, 1.82) is 0 Å². The molecule has 0 aromatic heterocycles. The van der Waals surface area contributed by atoms with Crippen LogP contribution >= 0.6 is 15.9 Å². The monoisotopic (exact) mass is 469 g/mol. The summed E-state index contributed by atoms with van der Waals surface area (Å²) in [5, 5.41) is 5.57. The summed E-state index contributed by atoms with van der Waals surface area (Å²) in [4.78, 5) is 26.9. The highest BCUT2D eigenvalue weighted by Gasteiger charge is 2.27. The maximum Gasteiger partial charge on any atom is 0.260 e. The number of methoxy groups -OCH3 is 1. The summed E-state index contributed by atoms with van der Waals surface area (Å²) in [6, 6.07) is 14.0. The van der Waals surface area contributed by atoms with E-state index in [1.165, 1.54) is 18.4 Å². The lowest BCUT2D eigenvalue weighted by Gasteiger charge is -2.23. The van der Waals surface area contributed by atoms with E-state index in [0.29, 0.717) is 22.7 Å². The summed E-state index contributed by atoms with van der Waals surface area (Å²) in [5.74, 6) is -0.786. The molecule has 2 aromatic carbocycles. The van der Waals surface area contributed by atoms with Crippen LogP contribution in [0.4, 0.5) is 5.69 Å². The maximum atomic E-state index is 12.4. The molecule has 1 fully saturated rings. The van der Waals surface area contributed by atoms with Crippen LogP contribution in [-0.2, 0) is 16.1 Å². The maximum absolute atomic E-state index is 12.4. The molecule has 0 radical (unpaired) electrons. The molecule has 2 aromatic rings. The Morgan fingerprint density at radius 1 is 1.17 bits per heavy atom. The van der Waals surface area contributed by atoms with Crippen molar-refractivity contribution >= 4 is 39.0 Å². The van der Waals surface area contributed by atoms with Crippen LogP contribution in [-0.4, -0.2) is 43.0 Å². The van der Waals surface area contributed by atoms with Gasteiger partial charge < -0.3 is 10.1 Å². The van der Waals surface area contributed by atoms with Crippen LogP contribution in [0.15, 0.2) is 53.1 Å². The summed E-state index contributed by atoms with van der Waals surface area (Å²) in [6.07, 6.45) is 4.05. The number of amides is 2. The first-order chi connectivity index (χ1) is 14.5.